The van der Waals surface area contributed by atoms with Crippen molar-refractivity contribution in [3.8, 4) is 0 Å². The first-order valence-corrected chi connectivity index (χ1v) is 7.76. The van der Waals surface area contributed by atoms with Gasteiger partial charge in [0.1, 0.15) is 11.2 Å². The minimum absolute atomic E-state index is 0.563. The van der Waals surface area contributed by atoms with Crippen molar-refractivity contribution in [1.29, 1.82) is 0 Å². The second-order valence-electron chi connectivity index (χ2n) is 3.86. The molecule has 18 heavy (non-hydrogen) atoms. The quantitative estimate of drug-likeness (QED) is 0.767. The van der Waals surface area contributed by atoms with E-state index in [4.69, 9.17) is 0 Å². The van der Waals surface area contributed by atoms with Crippen LogP contribution in [0, 0.1) is 0 Å². The molecule has 0 aromatic heterocycles. The first-order valence-electron chi connectivity index (χ1n) is 5.59. The zero-order chi connectivity index (χ0) is 12.8. The van der Waals surface area contributed by atoms with Gasteiger partial charge in [0.2, 0.25) is 0 Å². The minimum atomic E-state index is -0.969. The molecule has 92 valence electrons. The van der Waals surface area contributed by atoms with E-state index in [1.165, 1.54) is 0 Å². The molecule has 0 aliphatic heterocycles. The average Bonchev–Trinajstić information content (AvgIpc) is 2.39. The summed E-state index contributed by atoms with van der Waals surface area (Å²) in [7, 11) is 0. The predicted molar refractivity (Wildman–Crippen MR) is 81.5 cm³/mol. The molecular formula is C15H13BrOS. The molecule has 0 bridgehead atoms. The Hall–Kier alpha value is -1.03. The molecule has 1 unspecified atom stereocenters. The topological polar surface area (TPSA) is 23.1 Å². The van der Waals surface area contributed by atoms with Gasteiger partial charge in [0.05, 0.1) is 0 Å². The molecule has 1 atom stereocenters. The fraction of sp³-hybridized carbons (Fsp3) is 0.0667. The maximum Gasteiger partial charge on any atom is 0.135 e. The van der Waals surface area contributed by atoms with Crippen molar-refractivity contribution in [1.82, 2.24) is 0 Å². The van der Waals surface area contributed by atoms with Crippen molar-refractivity contribution in [2.75, 3.05) is 0 Å². The molecule has 0 spiro atoms. The van der Waals surface area contributed by atoms with Crippen LogP contribution in [0.2, 0.25) is 0 Å². The summed E-state index contributed by atoms with van der Waals surface area (Å²) in [6.07, 6.45) is 1.89. The SMILES string of the molecule is [O-][S+](C=Cc1ccc(Br)cc1)Cc1ccccc1. The summed E-state index contributed by atoms with van der Waals surface area (Å²) in [4.78, 5) is 0. The molecule has 0 saturated heterocycles. The van der Waals surface area contributed by atoms with E-state index < -0.39 is 11.2 Å². The summed E-state index contributed by atoms with van der Waals surface area (Å²) in [6.45, 7) is 0. The number of hydrogen-bond acceptors (Lipinski definition) is 1. The number of halogens is 1. The molecule has 3 heteroatoms. The van der Waals surface area contributed by atoms with Crippen molar-refractivity contribution >= 4 is 33.2 Å². The molecule has 1 nitrogen and oxygen atoms in total. The van der Waals surface area contributed by atoms with Crippen molar-refractivity contribution in [3.63, 3.8) is 0 Å². The van der Waals surface area contributed by atoms with Crippen LogP contribution in [0.4, 0.5) is 0 Å². The van der Waals surface area contributed by atoms with Gasteiger partial charge in [-0.05, 0) is 34.9 Å². The third-order valence-electron chi connectivity index (χ3n) is 2.43. The fourth-order valence-electron chi connectivity index (χ4n) is 1.51. The maximum absolute atomic E-state index is 11.9. The van der Waals surface area contributed by atoms with Crippen LogP contribution in [0.5, 0.6) is 0 Å². The maximum atomic E-state index is 11.9. The average molecular weight is 321 g/mol. The van der Waals surface area contributed by atoms with Crippen molar-refractivity contribution in [2.45, 2.75) is 5.75 Å². The number of benzene rings is 2. The van der Waals surface area contributed by atoms with E-state index in [1.807, 2.05) is 60.7 Å². The van der Waals surface area contributed by atoms with Crippen molar-refractivity contribution in [2.24, 2.45) is 0 Å². The van der Waals surface area contributed by atoms with Crippen molar-refractivity contribution < 1.29 is 4.55 Å². The molecule has 0 fully saturated rings. The molecular weight excluding hydrogens is 308 g/mol. The molecule has 2 aromatic carbocycles. The van der Waals surface area contributed by atoms with Gasteiger partial charge in [-0.1, -0.05) is 58.4 Å². The molecule has 0 radical (unpaired) electrons. The lowest BCUT2D eigenvalue weighted by molar-refractivity contribution is 0.603. The molecule has 2 aromatic rings. The van der Waals surface area contributed by atoms with Gasteiger partial charge in [-0.2, -0.15) is 0 Å². The highest BCUT2D eigenvalue weighted by molar-refractivity contribution is 9.10. The lowest BCUT2D eigenvalue weighted by atomic mass is 10.2. The van der Waals surface area contributed by atoms with E-state index in [9.17, 15) is 4.55 Å². The third-order valence-corrected chi connectivity index (χ3v) is 4.02. The molecule has 0 N–H and O–H groups in total. The first kappa shape index (κ1) is 13.4. The lowest BCUT2D eigenvalue weighted by Crippen LogP contribution is -1.99. The monoisotopic (exact) mass is 320 g/mol. The van der Waals surface area contributed by atoms with Gasteiger partial charge in [0.25, 0.3) is 0 Å². The Kier molecular flexibility index (Phi) is 5.05. The Morgan fingerprint density at radius 2 is 1.67 bits per heavy atom. The van der Waals surface area contributed by atoms with Gasteiger partial charge >= 0.3 is 0 Å². The summed E-state index contributed by atoms with van der Waals surface area (Å²) in [5.74, 6) is 0.563. The standard InChI is InChI=1S/C15H13BrOS/c16-15-8-6-13(7-9-15)10-11-18(17)12-14-4-2-1-3-5-14/h1-11H,12H2. The second kappa shape index (κ2) is 6.78. The second-order valence-corrected chi connectivity index (χ2v) is 6.10. The Morgan fingerprint density at radius 3 is 2.33 bits per heavy atom. The Morgan fingerprint density at radius 1 is 1.00 bits per heavy atom. The predicted octanol–water partition coefficient (Wildman–Crippen LogP) is 4.37. The van der Waals surface area contributed by atoms with Gasteiger partial charge in [-0.15, -0.1) is 0 Å². The molecule has 0 saturated carbocycles. The van der Waals surface area contributed by atoms with Crippen LogP contribution in [0.15, 0.2) is 64.5 Å². The van der Waals surface area contributed by atoms with Gasteiger partial charge < -0.3 is 4.55 Å². The van der Waals surface area contributed by atoms with Crippen LogP contribution < -0.4 is 0 Å². The van der Waals surface area contributed by atoms with E-state index in [0.717, 1.165) is 15.6 Å². The Labute approximate surface area is 119 Å². The first-order chi connectivity index (χ1) is 8.74. The molecule has 0 amide bonds. The molecule has 0 aliphatic rings. The number of hydrogen-bond donors (Lipinski definition) is 0. The van der Waals surface area contributed by atoms with Gasteiger partial charge in [-0.25, -0.2) is 0 Å². The third kappa shape index (κ3) is 4.33. The minimum Gasteiger partial charge on any atom is -0.612 e. The summed E-state index contributed by atoms with van der Waals surface area (Å²) in [5.41, 5.74) is 2.15. The van der Waals surface area contributed by atoms with Crippen LogP contribution >= 0.6 is 15.9 Å². The van der Waals surface area contributed by atoms with Gasteiger partial charge in [0.15, 0.2) is 0 Å². The largest absolute Gasteiger partial charge is 0.612 e. The van der Waals surface area contributed by atoms with Gasteiger partial charge in [-0.3, -0.25) is 0 Å². The summed E-state index contributed by atoms with van der Waals surface area (Å²) >= 11 is 2.42. The van der Waals surface area contributed by atoms with Crippen LogP contribution in [-0.2, 0) is 16.9 Å². The zero-order valence-corrected chi connectivity index (χ0v) is 12.2. The number of rotatable bonds is 4. The van der Waals surface area contributed by atoms with E-state index in [0.29, 0.717) is 5.75 Å². The smallest absolute Gasteiger partial charge is 0.135 e. The fourth-order valence-corrected chi connectivity index (χ4v) is 2.71. The van der Waals surface area contributed by atoms with Crippen molar-refractivity contribution in [3.05, 3.63) is 75.6 Å². The van der Waals surface area contributed by atoms with Gasteiger partial charge in [0, 0.05) is 10.0 Å². The molecule has 2 rings (SSSR count). The highest BCUT2D eigenvalue weighted by Gasteiger charge is 2.02. The van der Waals surface area contributed by atoms with Crippen LogP contribution in [0.25, 0.3) is 6.08 Å². The van der Waals surface area contributed by atoms with Crippen LogP contribution in [0.3, 0.4) is 0 Å². The molecule has 0 aliphatic carbocycles. The van der Waals surface area contributed by atoms with Crippen LogP contribution in [0.1, 0.15) is 11.1 Å². The zero-order valence-electron chi connectivity index (χ0n) is 9.75. The van der Waals surface area contributed by atoms with Crippen LogP contribution in [-0.4, -0.2) is 4.55 Å². The molecule has 0 heterocycles. The van der Waals surface area contributed by atoms with E-state index in [2.05, 4.69) is 15.9 Å². The van der Waals surface area contributed by atoms with E-state index >= 15 is 0 Å². The summed E-state index contributed by atoms with van der Waals surface area (Å²) < 4.78 is 12.9. The Bertz CT molecular complexity index is 508. The summed E-state index contributed by atoms with van der Waals surface area (Å²) in [5, 5.41) is 1.75. The Balaban J connectivity index is 1.95. The lowest BCUT2D eigenvalue weighted by Gasteiger charge is -2.05. The van der Waals surface area contributed by atoms with E-state index in [1.54, 1.807) is 5.41 Å². The van der Waals surface area contributed by atoms with E-state index in [-0.39, 0.29) is 0 Å². The normalized spacial score (nSPS) is 12.8. The summed E-state index contributed by atoms with van der Waals surface area (Å²) in [6, 6.07) is 17.8. The highest BCUT2D eigenvalue weighted by atomic mass is 79.9. The highest BCUT2D eigenvalue weighted by Crippen LogP contribution is 2.13.